The number of benzene rings is 1. The first-order valence-electron chi connectivity index (χ1n) is 4.31. The molecule has 4 heteroatoms. The van der Waals surface area contributed by atoms with Gasteiger partial charge in [0.2, 0.25) is 5.91 Å². The van der Waals surface area contributed by atoms with Gasteiger partial charge in [0.15, 0.2) is 0 Å². The van der Waals surface area contributed by atoms with E-state index in [2.05, 4.69) is 0 Å². The third kappa shape index (κ3) is 3.40. The van der Waals surface area contributed by atoms with E-state index in [0.717, 1.165) is 17.1 Å². The molecule has 1 amide bonds. The number of amides is 1. The van der Waals surface area contributed by atoms with Crippen molar-refractivity contribution in [3.63, 3.8) is 0 Å². The Morgan fingerprint density at radius 2 is 2.00 bits per heavy atom. The van der Waals surface area contributed by atoms with E-state index in [4.69, 9.17) is 10.8 Å². The zero-order valence-electron chi connectivity index (χ0n) is 7.77. The smallest absolute Gasteiger partial charge is 0.248 e. The highest BCUT2D eigenvalue weighted by molar-refractivity contribution is 7.98. The second-order valence-corrected chi connectivity index (χ2v) is 3.94. The molecule has 0 saturated carbocycles. The predicted octanol–water partition coefficient (Wildman–Crippen LogP) is 1.01. The molecule has 0 saturated heterocycles. The van der Waals surface area contributed by atoms with E-state index >= 15 is 0 Å². The molecule has 1 rings (SSSR count). The monoisotopic (exact) mass is 211 g/mol. The Morgan fingerprint density at radius 3 is 2.50 bits per heavy atom. The number of aliphatic hydroxyl groups is 1. The molecule has 0 aliphatic carbocycles. The lowest BCUT2D eigenvalue weighted by Crippen LogP contribution is -2.10. The van der Waals surface area contributed by atoms with Crippen molar-refractivity contribution in [2.75, 3.05) is 12.4 Å². The fourth-order valence-electron chi connectivity index (χ4n) is 1.02. The molecule has 0 radical (unpaired) electrons. The molecule has 0 atom stereocenters. The molecular formula is C10H13NO2S. The molecular weight excluding hydrogens is 198 g/mol. The summed E-state index contributed by atoms with van der Waals surface area (Å²) in [5.41, 5.74) is 6.77. The maximum absolute atomic E-state index is 10.8. The van der Waals surface area contributed by atoms with Crippen LogP contribution in [0.4, 0.5) is 0 Å². The van der Waals surface area contributed by atoms with Crippen LogP contribution in [0, 0.1) is 0 Å². The van der Waals surface area contributed by atoms with Gasteiger partial charge in [0, 0.05) is 17.1 Å². The van der Waals surface area contributed by atoms with E-state index in [1.807, 2.05) is 12.1 Å². The second kappa shape index (κ2) is 5.67. The minimum absolute atomic E-state index is 0.198. The summed E-state index contributed by atoms with van der Waals surface area (Å²) in [6.07, 6.45) is 0. The second-order valence-electron chi connectivity index (χ2n) is 2.84. The van der Waals surface area contributed by atoms with Crippen LogP contribution >= 0.6 is 11.8 Å². The molecule has 3 N–H and O–H groups in total. The number of thioether (sulfide) groups is 1. The summed E-state index contributed by atoms with van der Waals surface area (Å²) in [6.45, 7) is 0.198. The summed E-state index contributed by atoms with van der Waals surface area (Å²) in [4.78, 5) is 10.8. The van der Waals surface area contributed by atoms with Gasteiger partial charge in [-0.3, -0.25) is 4.79 Å². The van der Waals surface area contributed by atoms with Crippen molar-refractivity contribution in [3.05, 3.63) is 35.4 Å². The highest BCUT2D eigenvalue weighted by atomic mass is 32.2. The zero-order chi connectivity index (χ0) is 10.4. The Hall–Kier alpha value is -1.00. The van der Waals surface area contributed by atoms with Crippen LogP contribution in [0.3, 0.4) is 0 Å². The van der Waals surface area contributed by atoms with Gasteiger partial charge in [0.05, 0.1) is 6.61 Å². The molecule has 14 heavy (non-hydrogen) atoms. The van der Waals surface area contributed by atoms with Gasteiger partial charge >= 0.3 is 0 Å². The van der Waals surface area contributed by atoms with Gasteiger partial charge in [-0.2, -0.15) is 11.8 Å². The van der Waals surface area contributed by atoms with Gasteiger partial charge in [-0.15, -0.1) is 0 Å². The molecule has 0 aromatic heterocycles. The highest BCUT2D eigenvalue weighted by Crippen LogP contribution is 2.12. The lowest BCUT2D eigenvalue weighted by Gasteiger charge is -2.01. The van der Waals surface area contributed by atoms with Gasteiger partial charge in [0.1, 0.15) is 0 Å². The number of rotatable bonds is 5. The minimum atomic E-state index is -0.403. The summed E-state index contributed by atoms with van der Waals surface area (Å²) in [7, 11) is 0. The maximum Gasteiger partial charge on any atom is 0.248 e. The van der Waals surface area contributed by atoms with Crippen LogP contribution < -0.4 is 5.73 Å². The fourth-order valence-corrected chi connectivity index (χ4v) is 1.72. The third-order valence-corrected chi connectivity index (χ3v) is 2.75. The van der Waals surface area contributed by atoms with Crippen molar-refractivity contribution in [3.8, 4) is 0 Å². The molecule has 0 spiro atoms. The highest BCUT2D eigenvalue weighted by Gasteiger charge is 1.99. The Balaban J connectivity index is 2.51. The van der Waals surface area contributed by atoms with Crippen LogP contribution in [0.15, 0.2) is 24.3 Å². The first-order chi connectivity index (χ1) is 6.74. The van der Waals surface area contributed by atoms with Gasteiger partial charge < -0.3 is 10.8 Å². The van der Waals surface area contributed by atoms with Crippen molar-refractivity contribution in [2.24, 2.45) is 5.73 Å². The van der Waals surface area contributed by atoms with Gasteiger partial charge in [-0.05, 0) is 17.7 Å². The van der Waals surface area contributed by atoms with Gasteiger partial charge in [0.25, 0.3) is 0 Å². The third-order valence-electron chi connectivity index (χ3n) is 1.74. The largest absolute Gasteiger partial charge is 0.396 e. The topological polar surface area (TPSA) is 63.3 Å². The fraction of sp³-hybridized carbons (Fsp3) is 0.300. The molecule has 0 fully saturated rings. The summed E-state index contributed by atoms with van der Waals surface area (Å²) in [5, 5.41) is 8.58. The minimum Gasteiger partial charge on any atom is -0.396 e. The van der Waals surface area contributed by atoms with E-state index in [0.29, 0.717) is 5.56 Å². The van der Waals surface area contributed by atoms with Crippen LogP contribution in [-0.4, -0.2) is 23.4 Å². The van der Waals surface area contributed by atoms with Crippen molar-refractivity contribution >= 4 is 17.7 Å². The van der Waals surface area contributed by atoms with E-state index in [1.54, 1.807) is 23.9 Å². The number of hydrogen-bond donors (Lipinski definition) is 2. The van der Waals surface area contributed by atoms with Crippen molar-refractivity contribution in [1.82, 2.24) is 0 Å². The first-order valence-corrected chi connectivity index (χ1v) is 5.47. The Bertz CT molecular complexity index is 297. The predicted molar refractivity (Wildman–Crippen MR) is 58.2 cm³/mol. The molecule has 0 heterocycles. The number of carbonyl (C=O) groups excluding carboxylic acids is 1. The number of carbonyl (C=O) groups is 1. The Morgan fingerprint density at radius 1 is 1.36 bits per heavy atom. The summed E-state index contributed by atoms with van der Waals surface area (Å²) < 4.78 is 0. The Labute approximate surface area is 87.3 Å². The van der Waals surface area contributed by atoms with E-state index in [1.165, 1.54) is 0 Å². The lowest BCUT2D eigenvalue weighted by molar-refractivity contribution is 0.100. The first kappa shape index (κ1) is 11.1. The average Bonchev–Trinajstić information content (AvgIpc) is 2.19. The van der Waals surface area contributed by atoms with Crippen LogP contribution in [0.2, 0.25) is 0 Å². The van der Waals surface area contributed by atoms with Gasteiger partial charge in [-0.1, -0.05) is 12.1 Å². The maximum atomic E-state index is 10.8. The molecule has 1 aromatic rings. The van der Waals surface area contributed by atoms with Crippen LogP contribution in [-0.2, 0) is 5.75 Å². The van der Waals surface area contributed by atoms with Crippen molar-refractivity contribution < 1.29 is 9.90 Å². The van der Waals surface area contributed by atoms with Crippen molar-refractivity contribution in [1.29, 1.82) is 0 Å². The van der Waals surface area contributed by atoms with Crippen LogP contribution in [0.1, 0.15) is 15.9 Å². The molecule has 0 aliphatic rings. The Kier molecular flexibility index (Phi) is 4.49. The van der Waals surface area contributed by atoms with E-state index in [9.17, 15) is 4.79 Å². The van der Waals surface area contributed by atoms with Gasteiger partial charge in [-0.25, -0.2) is 0 Å². The van der Waals surface area contributed by atoms with Crippen molar-refractivity contribution in [2.45, 2.75) is 5.75 Å². The molecule has 0 unspecified atom stereocenters. The number of aliphatic hydroxyl groups excluding tert-OH is 1. The summed E-state index contributed by atoms with van der Waals surface area (Å²) >= 11 is 1.65. The summed E-state index contributed by atoms with van der Waals surface area (Å²) in [5.74, 6) is 1.18. The quantitative estimate of drug-likeness (QED) is 0.714. The molecule has 3 nitrogen and oxygen atoms in total. The number of hydrogen-bond acceptors (Lipinski definition) is 3. The number of primary amides is 1. The molecule has 0 bridgehead atoms. The molecule has 1 aromatic carbocycles. The zero-order valence-corrected chi connectivity index (χ0v) is 8.59. The van der Waals surface area contributed by atoms with E-state index < -0.39 is 5.91 Å². The van der Waals surface area contributed by atoms with Crippen LogP contribution in [0.25, 0.3) is 0 Å². The molecule has 0 aliphatic heterocycles. The number of nitrogens with two attached hydrogens (primary N) is 1. The van der Waals surface area contributed by atoms with E-state index in [-0.39, 0.29) is 6.61 Å². The standard InChI is InChI=1S/C10H13NO2S/c11-10(13)9-3-1-8(2-4-9)7-14-6-5-12/h1-4,12H,5-7H2,(H2,11,13). The normalized spacial score (nSPS) is 10.1. The average molecular weight is 211 g/mol. The summed E-state index contributed by atoms with van der Waals surface area (Å²) in [6, 6.07) is 7.20. The lowest BCUT2D eigenvalue weighted by atomic mass is 10.1. The van der Waals surface area contributed by atoms with Crippen LogP contribution in [0.5, 0.6) is 0 Å². The SMILES string of the molecule is NC(=O)c1ccc(CSCCO)cc1. The molecule has 76 valence electrons.